The fourth-order valence-electron chi connectivity index (χ4n) is 3.38. The fraction of sp³-hybridized carbons (Fsp3) is 0.529. The monoisotopic (exact) mass is 301 g/mol. The Morgan fingerprint density at radius 2 is 2.09 bits per heavy atom. The molecule has 3 rings (SSSR count). The Bertz CT molecular complexity index is 573. The minimum Gasteiger partial charge on any atom is -0.325 e. The molecule has 2 bridgehead atoms. The third-order valence-corrected chi connectivity index (χ3v) is 4.53. The average Bonchev–Trinajstić information content (AvgIpc) is 2.82. The highest BCUT2D eigenvalue weighted by atomic mass is 16.2. The number of amides is 1. The van der Waals surface area contributed by atoms with Crippen molar-refractivity contribution in [3.05, 3.63) is 29.8 Å². The lowest BCUT2D eigenvalue weighted by molar-refractivity contribution is -0.117. The van der Waals surface area contributed by atoms with Crippen molar-refractivity contribution in [2.45, 2.75) is 38.3 Å². The topological polar surface area (TPSA) is 61.4 Å². The van der Waals surface area contributed by atoms with Crippen molar-refractivity contribution >= 4 is 17.4 Å². The zero-order valence-corrected chi connectivity index (χ0v) is 13.0. The number of Topliss-reactive ketones (excluding diaryl/α,β-unsaturated/α-hetero) is 1. The van der Waals surface area contributed by atoms with Crippen molar-refractivity contribution in [3.8, 4) is 0 Å². The summed E-state index contributed by atoms with van der Waals surface area (Å²) in [5.41, 5.74) is 1.31. The van der Waals surface area contributed by atoms with E-state index in [2.05, 4.69) is 15.5 Å². The number of hydrogen-bond acceptors (Lipinski definition) is 4. The van der Waals surface area contributed by atoms with Crippen molar-refractivity contribution < 1.29 is 9.59 Å². The molecule has 2 aliphatic heterocycles. The molecule has 2 fully saturated rings. The van der Waals surface area contributed by atoms with Crippen LogP contribution in [0.2, 0.25) is 0 Å². The molecule has 5 heteroatoms. The number of carbonyl (C=O) groups is 2. The van der Waals surface area contributed by atoms with Gasteiger partial charge in [-0.1, -0.05) is 12.1 Å². The molecule has 2 saturated heterocycles. The van der Waals surface area contributed by atoms with Crippen LogP contribution >= 0.6 is 0 Å². The number of fused-ring (bicyclic) bond motifs is 2. The molecule has 118 valence electrons. The molecule has 0 spiro atoms. The van der Waals surface area contributed by atoms with Crippen LogP contribution in [0.15, 0.2) is 24.3 Å². The van der Waals surface area contributed by atoms with Crippen LogP contribution in [0.5, 0.6) is 0 Å². The molecule has 1 aromatic rings. The first kappa shape index (κ1) is 15.2. The van der Waals surface area contributed by atoms with Crippen LogP contribution in [0.1, 0.15) is 36.5 Å². The van der Waals surface area contributed by atoms with Crippen LogP contribution < -0.4 is 10.6 Å². The van der Waals surface area contributed by atoms with E-state index in [0.717, 1.165) is 19.5 Å². The maximum absolute atomic E-state index is 12.2. The van der Waals surface area contributed by atoms with E-state index in [-0.39, 0.29) is 11.7 Å². The second-order valence-electron chi connectivity index (χ2n) is 6.35. The van der Waals surface area contributed by atoms with Crippen LogP contribution in [0, 0.1) is 0 Å². The van der Waals surface area contributed by atoms with Gasteiger partial charge in [0.05, 0.1) is 6.54 Å². The molecule has 5 nitrogen and oxygen atoms in total. The summed E-state index contributed by atoms with van der Waals surface area (Å²) in [4.78, 5) is 25.8. The van der Waals surface area contributed by atoms with E-state index in [1.54, 1.807) is 18.2 Å². The highest BCUT2D eigenvalue weighted by Gasteiger charge is 2.29. The summed E-state index contributed by atoms with van der Waals surface area (Å²) in [6.45, 7) is 3.85. The lowest BCUT2D eigenvalue weighted by Crippen LogP contribution is -2.39. The van der Waals surface area contributed by atoms with Crippen LogP contribution in [0.4, 0.5) is 5.69 Å². The minimum absolute atomic E-state index is 0.00529. The molecule has 22 heavy (non-hydrogen) atoms. The van der Waals surface area contributed by atoms with E-state index in [4.69, 9.17) is 0 Å². The molecular formula is C17H23N3O2. The second-order valence-corrected chi connectivity index (χ2v) is 6.35. The van der Waals surface area contributed by atoms with Crippen LogP contribution in [-0.4, -0.2) is 48.3 Å². The van der Waals surface area contributed by atoms with Gasteiger partial charge in [0.15, 0.2) is 5.78 Å². The first-order valence-electron chi connectivity index (χ1n) is 7.99. The van der Waals surface area contributed by atoms with E-state index >= 15 is 0 Å². The van der Waals surface area contributed by atoms with Gasteiger partial charge < -0.3 is 10.6 Å². The summed E-state index contributed by atoms with van der Waals surface area (Å²) >= 11 is 0. The maximum atomic E-state index is 12.2. The summed E-state index contributed by atoms with van der Waals surface area (Å²) in [5, 5.41) is 6.51. The Morgan fingerprint density at radius 1 is 1.27 bits per heavy atom. The summed E-state index contributed by atoms with van der Waals surface area (Å²) in [5.74, 6) is -0.0100. The molecule has 0 aliphatic carbocycles. The Kier molecular flexibility index (Phi) is 4.55. The van der Waals surface area contributed by atoms with E-state index < -0.39 is 0 Å². The largest absolute Gasteiger partial charge is 0.325 e. The Balaban J connectivity index is 1.56. The minimum atomic E-state index is -0.0153. The normalized spacial score (nSPS) is 24.8. The van der Waals surface area contributed by atoms with Crippen molar-refractivity contribution in [1.82, 2.24) is 10.2 Å². The summed E-state index contributed by atoms with van der Waals surface area (Å²) in [6.07, 6.45) is 3.59. The number of likely N-dealkylation sites (tertiary alicyclic amines) is 1. The third kappa shape index (κ3) is 3.72. The van der Waals surface area contributed by atoms with Crippen molar-refractivity contribution in [3.63, 3.8) is 0 Å². The van der Waals surface area contributed by atoms with Crippen LogP contribution in [0.25, 0.3) is 0 Å². The van der Waals surface area contributed by atoms with Gasteiger partial charge in [-0.15, -0.1) is 0 Å². The van der Waals surface area contributed by atoms with Gasteiger partial charge in [-0.2, -0.15) is 0 Å². The van der Waals surface area contributed by atoms with Gasteiger partial charge in [0, 0.05) is 36.4 Å². The molecule has 0 radical (unpaired) electrons. The van der Waals surface area contributed by atoms with E-state index in [1.807, 2.05) is 6.07 Å². The molecule has 0 aromatic heterocycles. The van der Waals surface area contributed by atoms with Crippen molar-refractivity contribution in [1.29, 1.82) is 0 Å². The number of carbonyl (C=O) groups excluding carboxylic acids is 2. The molecule has 1 amide bonds. The summed E-state index contributed by atoms with van der Waals surface area (Å²) in [7, 11) is 0. The number of hydrogen-bond donors (Lipinski definition) is 2. The van der Waals surface area contributed by atoms with E-state index in [1.165, 1.54) is 19.8 Å². The quantitative estimate of drug-likeness (QED) is 0.830. The molecule has 1 aromatic carbocycles. The molecule has 0 saturated carbocycles. The predicted octanol–water partition coefficient (Wildman–Crippen LogP) is 1.65. The standard InChI is InChI=1S/C17H23N3O2/c1-12(21)13-3-2-4-15(9-13)19-17(22)11-20-8-7-14-5-6-16(10-20)18-14/h2-4,9,14,16,18H,5-8,10-11H2,1H3,(H,19,22). The zero-order chi connectivity index (χ0) is 15.5. The van der Waals surface area contributed by atoms with E-state index in [9.17, 15) is 9.59 Å². The first-order chi connectivity index (χ1) is 10.6. The van der Waals surface area contributed by atoms with Gasteiger partial charge in [0.25, 0.3) is 0 Å². The van der Waals surface area contributed by atoms with Gasteiger partial charge in [0.2, 0.25) is 5.91 Å². The lowest BCUT2D eigenvalue weighted by atomic mass is 10.1. The van der Waals surface area contributed by atoms with Gasteiger partial charge in [0.1, 0.15) is 0 Å². The number of benzene rings is 1. The third-order valence-electron chi connectivity index (χ3n) is 4.53. The first-order valence-corrected chi connectivity index (χ1v) is 7.99. The Labute approximate surface area is 131 Å². The Morgan fingerprint density at radius 3 is 2.91 bits per heavy atom. The molecule has 2 N–H and O–H groups in total. The van der Waals surface area contributed by atoms with Crippen molar-refractivity contribution in [2.75, 3.05) is 25.0 Å². The summed E-state index contributed by atoms with van der Waals surface area (Å²) < 4.78 is 0. The second kappa shape index (κ2) is 6.58. The smallest absolute Gasteiger partial charge is 0.238 e. The molecule has 2 heterocycles. The molecular weight excluding hydrogens is 278 g/mol. The Hall–Kier alpha value is -1.72. The molecule has 2 aliphatic rings. The number of nitrogens with zero attached hydrogens (tertiary/aromatic N) is 1. The van der Waals surface area contributed by atoms with Gasteiger partial charge >= 0.3 is 0 Å². The maximum Gasteiger partial charge on any atom is 0.238 e. The lowest BCUT2D eigenvalue weighted by Gasteiger charge is -2.23. The number of anilines is 1. The zero-order valence-electron chi connectivity index (χ0n) is 13.0. The number of ketones is 1. The fourth-order valence-corrected chi connectivity index (χ4v) is 3.38. The van der Waals surface area contributed by atoms with E-state index in [0.29, 0.717) is 29.9 Å². The molecule has 2 unspecified atom stereocenters. The predicted molar refractivity (Wildman–Crippen MR) is 86.1 cm³/mol. The van der Waals surface area contributed by atoms with Gasteiger partial charge in [-0.3, -0.25) is 14.5 Å². The number of rotatable bonds is 4. The van der Waals surface area contributed by atoms with Gasteiger partial charge in [-0.25, -0.2) is 0 Å². The average molecular weight is 301 g/mol. The highest BCUT2D eigenvalue weighted by Crippen LogP contribution is 2.20. The van der Waals surface area contributed by atoms with Crippen LogP contribution in [0.3, 0.4) is 0 Å². The SMILES string of the molecule is CC(=O)c1cccc(NC(=O)CN2CCC3CCC(C2)N3)c1. The molecule has 2 atom stereocenters. The van der Waals surface area contributed by atoms with Gasteiger partial charge in [-0.05, 0) is 38.3 Å². The number of nitrogens with one attached hydrogen (secondary N) is 2. The van der Waals surface area contributed by atoms with Crippen molar-refractivity contribution in [2.24, 2.45) is 0 Å². The summed E-state index contributed by atoms with van der Waals surface area (Å²) in [6, 6.07) is 8.25. The van der Waals surface area contributed by atoms with Crippen LogP contribution in [-0.2, 0) is 4.79 Å². The highest BCUT2D eigenvalue weighted by molar-refractivity contribution is 5.97.